The van der Waals surface area contributed by atoms with Gasteiger partial charge in [0.25, 0.3) is 0 Å². The van der Waals surface area contributed by atoms with Gasteiger partial charge in [-0.3, -0.25) is 0 Å². The zero-order chi connectivity index (χ0) is 11.7. The minimum Gasteiger partial charge on any atom is -0.366 e. The fourth-order valence-electron chi connectivity index (χ4n) is 0.843. The van der Waals surface area contributed by atoms with Crippen molar-refractivity contribution in [3.63, 3.8) is 0 Å². The van der Waals surface area contributed by atoms with E-state index >= 15 is 0 Å². The van der Waals surface area contributed by atoms with Crippen molar-refractivity contribution in [2.45, 2.75) is 24.0 Å². The van der Waals surface area contributed by atoms with Gasteiger partial charge in [-0.1, -0.05) is 0 Å². The standard InChI is InChI=1S/C7H9F3N2O2S/c1-5(7(8,9)10)12-15(13,14)6-2-3-11-4-6/h2-5,11-12H,1H3. The van der Waals surface area contributed by atoms with Gasteiger partial charge in [-0.15, -0.1) is 0 Å². The normalized spacial score (nSPS) is 15.2. The molecular weight excluding hydrogens is 233 g/mol. The third-order valence-corrected chi connectivity index (χ3v) is 3.24. The van der Waals surface area contributed by atoms with Crippen LogP contribution in [0.15, 0.2) is 23.4 Å². The smallest absolute Gasteiger partial charge is 0.366 e. The van der Waals surface area contributed by atoms with Crippen LogP contribution in [-0.2, 0) is 10.0 Å². The number of H-pyrrole nitrogens is 1. The second kappa shape index (κ2) is 3.86. The van der Waals surface area contributed by atoms with Crippen molar-refractivity contribution in [1.82, 2.24) is 9.71 Å². The summed E-state index contributed by atoms with van der Waals surface area (Å²) in [5.41, 5.74) is 0. The highest BCUT2D eigenvalue weighted by atomic mass is 32.2. The van der Waals surface area contributed by atoms with Crippen molar-refractivity contribution in [2.24, 2.45) is 0 Å². The maximum Gasteiger partial charge on any atom is 0.404 e. The number of hydrogen-bond acceptors (Lipinski definition) is 2. The molecule has 1 unspecified atom stereocenters. The Labute approximate surface area is 84.5 Å². The molecule has 8 heteroatoms. The van der Waals surface area contributed by atoms with Gasteiger partial charge in [0.1, 0.15) is 6.04 Å². The summed E-state index contributed by atoms with van der Waals surface area (Å²) in [6, 6.07) is -0.941. The zero-order valence-electron chi connectivity index (χ0n) is 7.67. The summed E-state index contributed by atoms with van der Waals surface area (Å²) >= 11 is 0. The SMILES string of the molecule is CC(NS(=O)(=O)c1cc[nH]c1)C(F)(F)F. The number of halogens is 3. The van der Waals surface area contributed by atoms with Crippen molar-refractivity contribution >= 4 is 10.0 Å². The number of hydrogen-bond donors (Lipinski definition) is 2. The molecule has 0 fully saturated rings. The third-order valence-electron chi connectivity index (χ3n) is 1.70. The summed E-state index contributed by atoms with van der Waals surface area (Å²) in [7, 11) is -4.10. The molecule has 0 amide bonds. The number of sulfonamides is 1. The molecule has 2 N–H and O–H groups in total. The summed E-state index contributed by atoms with van der Waals surface area (Å²) in [6.07, 6.45) is -2.18. The lowest BCUT2D eigenvalue weighted by molar-refractivity contribution is -0.147. The predicted octanol–water partition coefficient (Wildman–Crippen LogP) is 1.24. The molecule has 86 valence electrons. The molecule has 0 saturated heterocycles. The summed E-state index contributed by atoms with van der Waals surface area (Å²) < 4.78 is 60.4. The first kappa shape index (κ1) is 12.1. The predicted molar refractivity (Wildman–Crippen MR) is 46.6 cm³/mol. The van der Waals surface area contributed by atoms with Gasteiger partial charge in [-0.25, -0.2) is 8.42 Å². The first-order chi connectivity index (χ1) is 6.73. The van der Waals surface area contributed by atoms with E-state index in [1.165, 1.54) is 17.0 Å². The third kappa shape index (κ3) is 2.96. The van der Waals surface area contributed by atoms with Crippen molar-refractivity contribution in [3.05, 3.63) is 18.5 Å². The summed E-state index contributed by atoms with van der Waals surface area (Å²) in [5, 5.41) is 0. The molecule has 0 radical (unpaired) electrons. The number of nitrogens with one attached hydrogen (secondary N) is 2. The number of aromatic amines is 1. The van der Waals surface area contributed by atoms with Crippen LogP contribution < -0.4 is 4.72 Å². The highest BCUT2D eigenvalue weighted by molar-refractivity contribution is 7.89. The van der Waals surface area contributed by atoms with Gasteiger partial charge in [-0.2, -0.15) is 17.9 Å². The Kier molecular flexibility index (Phi) is 3.10. The molecule has 1 aromatic rings. The molecule has 0 spiro atoms. The van der Waals surface area contributed by atoms with Crippen molar-refractivity contribution < 1.29 is 21.6 Å². The van der Waals surface area contributed by atoms with Gasteiger partial charge < -0.3 is 4.98 Å². The van der Waals surface area contributed by atoms with E-state index in [-0.39, 0.29) is 4.90 Å². The van der Waals surface area contributed by atoms with Crippen LogP contribution >= 0.6 is 0 Å². The summed E-state index contributed by atoms with van der Waals surface area (Å²) in [6.45, 7) is 0.740. The van der Waals surface area contributed by atoms with E-state index in [1.54, 1.807) is 0 Å². The molecule has 0 aliphatic rings. The Morgan fingerprint density at radius 3 is 2.47 bits per heavy atom. The van der Waals surface area contributed by atoms with E-state index in [2.05, 4.69) is 4.98 Å². The van der Waals surface area contributed by atoms with Crippen LogP contribution in [0.25, 0.3) is 0 Å². The number of alkyl halides is 3. The Bertz CT molecular complexity index is 410. The highest BCUT2D eigenvalue weighted by Crippen LogP contribution is 2.21. The molecule has 0 bridgehead atoms. The average Bonchev–Trinajstić information content (AvgIpc) is 2.52. The molecule has 0 aromatic carbocycles. The van der Waals surface area contributed by atoms with Crippen LogP contribution in [0, 0.1) is 0 Å². The molecule has 4 nitrogen and oxygen atoms in total. The maximum absolute atomic E-state index is 12.1. The van der Waals surface area contributed by atoms with E-state index < -0.39 is 22.2 Å². The maximum atomic E-state index is 12.1. The van der Waals surface area contributed by atoms with Crippen LogP contribution in [0.2, 0.25) is 0 Å². The molecule has 1 atom stereocenters. The Morgan fingerprint density at radius 1 is 1.47 bits per heavy atom. The van der Waals surface area contributed by atoms with Gasteiger partial charge in [0.2, 0.25) is 10.0 Å². The Hall–Kier alpha value is -1.02. The van der Waals surface area contributed by atoms with Gasteiger partial charge in [-0.05, 0) is 13.0 Å². The summed E-state index contributed by atoms with van der Waals surface area (Å²) in [5.74, 6) is 0. The van der Waals surface area contributed by atoms with Gasteiger partial charge in [0.05, 0.1) is 4.90 Å². The van der Waals surface area contributed by atoms with E-state index in [0.29, 0.717) is 0 Å². The largest absolute Gasteiger partial charge is 0.404 e. The first-order valence-electron chi connectivity index (χ1n) is 3.95. The lowest BCUT2D eigenvalue weighted by atomic mass is 10.4. The van der Waals surface area contributed by atoms with E-state index in [0.717, 1.165) is 13.1 Å². The van der Waals surface area contributed by atoms with E-state index in [1.807, 2.05) is 0 Å². The minimum atomic E-state index is -4.59. The fourth-order valence-corrected chi connectivity index (χ4v) is 2.05. The molecule has 15 heavy (non-hydrogen) atoms. The lowest BCUT2D eigenvalue weighted by Crippen LogP contribution is -2.42. The molecule has 0 aliphatic heterocycles. The second-order valence-corrected chi connectivity index (χ2v) is 4.65. The highest BCUT2D eigenvalue weighted by Gasteiger charge is 2.38. The molecule has 1 rings (SSSR count). The van der Waals surface area contributed by atoms with Crippen molar-refractivity contribution in [2.75, 3.05) is 0 Å². The monoisotopic (exact) mass is 242 g/mol. The van der Waals surface area contributed by atoms with E-state index in [4.69, 9.17) is 0 Å². The number of aromatic nitrogens is 1. The molecule has 1 aromatic heterocycles. The molecular formula is C7H9F3N2O2S. The van der Waals surface area contributed by atoms with Gasteiger partial charge in [0, 0.05) is 12.4 Å². The zero-order valence-corrected chi connectivity index (χ0v) is 8.48. The van der Waals surface area contributed by atoms with Crippen LogP contribution in [0.4, 0.5) is 13.2 Å². The van der Waals surface area contributed by atoms with Gasteiger partial charge in [0.15, 0.2) is 0 Å². The molecule has 1 heterocycles. The van der Waals surface area contributed by atoms with Gasteiger partial charge >= 0.3 is 6.18 Å². The Morgan fingerprint density at radius 2 is 2.07 bits per heavy atom. The van der Waals surface area contributed by atoms with Crippen LogP contribution in [0.5, 0.6) is 0 Å². The first-order valence-corrected chi connectivity index (χ1v) is 5.43. The fraction of sp³-hybridized carbons (Fsp3) is 0.429. The van der Waals surface area contributed by atoms with Crippen LogP contribution in [-0.4, -0.2) is 25.6 Å². The van der Waals surface area contributed by atoms with Crippen LogP contribution in [0.1, 0.15) is 6.92 Å². The topological polar surface area (TPSA) is 62.0 Å². The lowest BCUT2D eigenvalue weighted by Gasteiger charge is -2.16. The van der Waals surface area contributed by atoms with Crippen molar-refractivity contribution in [1.29, 1.82) is 0 Å². The van der Waals surface area contributed by atoms with Crippen molar-refractivity contribution in [3.8, 4) is 0 Å². The number of rotatable bonds is 3. The van der Waals surface area contributed by atoms with Crippen LogP contribution in [0.3, 0.4) is 0 Å². The average molecular weight is 242 g/mol. The Balaban J connectivity index is 2.84. The quantitative estimate of drug-likeness (QED) is 0.837. The van der Waals surface area contributed by atoms with E-state index in [9.17, 15) is 21.6 Å². The molecule has 0 aliphatic carbocycles. The summed E-state index contributed by atoms with van der Waals surface area (Å²) in [4.78, 5) is 2.22. The minimum absolute atomic E-state index is 0.224. The second-order valence-electron chi connectivity index (χ2n) is 2.93. The molecule has 0 saturated carbocycles.